The van der Waals surface area contributed by atoms with Gasteiger partial charge in [-0.15, -0.1) is 6.58 Å². The largest absolute Gasteiger partial charge is 0.505 e. The van der Waals surface area contributed by atoms with Crippen LogP contribution in [0.25, 0.3) is 0 Å². The van der Waals surface area contributed by atoms with Crippen LogP contribution >= 0.6 is 0 Å². The van der Waals surface area contributed by atoms with E-state index in [9.17, 15) is 19.6 Å². The van der Waals surface area contributed by atoms with Crippen LogP contribution in [0.4, 0.5) is 10.1 Å². The number of phenols is 1. The van der Waals surface area contributed by atoms with Gasteiger partial charge < -0.3 is 10.4 Å². The molecule has 1 heterocycles. The summed E-state index contributed by atoms with van der Waals surface area (Å²) in [6.07, 6.45) is 3.05. The molecule has 2 rings (SSSR count). The summed E-state index contributed by atoms with van der Waals surface area (Å²) in [5, 5.41) is 24.2. The van der Waals surface area contributed by atoms with E-state index in [-0.39, 0.29) is 17.3 Å². The summed E-state index contributed by atoms with van der Waals surface area (Å²) < 4.78 is 13.8. The molecule has 0 spiro atoms. The number of hydrogen-bond acceptors (Lipinski definition) is 5. The maximum Gasteiger partial charge on any atom is 0.272 e. The van der Waals surface area contributed by atoms with E-state index in [0.717, 1.165) is 32.2 Å². The predicted molar refractivity (Wildman–Crippen MR) is 81.3 cm³/mol. The lowest BCUT2D eigenvalue weighted by Crippen LogP contribution is -2.45. The molecular weight excluding hydrogens is 289 g/mol. The van der Waals surface area contributed by atoms with Crippen LogP contribution in [0, 0.1) is 15.9 Å². The number of nitrogens with zero attached hydrogens (tertiary/aromatic N) is 2. The van der Waals surface area contributed by atoms with Crippen LogP contribution < -0.4 is 5.32 Å². The first-order valence-electron chi connectivity index (χ1n) is 7.27. The van der Waals surface area contributed by atoms with Crippen molar-refractivity contribution in [1.82, 2.24) is 10.2 Å². The summed E-state index contributed by atoms with van der Waals surface area (Å²) in [7, 11) is 0. The molecule has 1 saturated heterocycles. The van der Waals surface area contributed by atoms with Crippen LogP contribution in [0.1, 0.15) is 24.4 Å². The number of aromatic hydroxyl groups is 1. The fourth-order valence-corrected chi connectivity index (χ4v) is 2.77. The highest BCUT2D eigenvalue weighted by molar-refractivity contribution is 5.46. The number of nitrogens with one attached hydrogen (secondary N) is 1. The maximum atomic E-state index is 13.8. The quantitative estimate of drug-likeness (QED) is 0.479. The van der Waals surface area contributed by atoms with Gasteiger partial charge in [0.05, 0.1) is 11.0 Å². The van der Waals surface area contributed by atoms with Crippen LogP contribution in [0.5, 0.6) is 5.75 Å². The number of rotatable bonds is 6. The Morgan fingerprint density at radius 2 is 2.18 bits per heavy atom. The van der Waals surface area contributed by atoms with Crippen LogP contribution in [-0.4, -0.2) is 41.1 Å². The Kier molecular flexibility index (Phi) is 5.46. The van der Waals surface area contributed by atoms with Gasteiger partial charge in [0.1, 0.15) is 0 Å². The van der Waals surface area contributed by atoms with Gasteiger partial charge in [0.15, 0.2) is 11.6 Å². The van der Waals surface area contributed by atoms with Gasteiger partial charge in [-0.25, -0.2) is 4.39 Å². The molecule has 0 amide bonds. The zero-order valence-electron chi connectivity index (χ0n) is 12.3. The van der Waals surface area contributed by atoms with Crippen molar-refractivity contribution in [3.8, 4) is 5.75 Å². The van der Waals surface area contributed by atoms with Crippen molar-refractivity contribution in [2.75, 3.05) is 26.2 Å². The summed E-state index contributed by atoms with van der Waals surface area (Å²) in [4.78, 5) is 12.4. The Morgan fingerprint density at radius 3 is 2.77 bits per heavy atom. The summed E-state index contributed by atoms with van der Waals surface area (Å²) >= 11 is 0. The molecule has 2 N–H and O–H groups in total. The fourth-order valence-electron chi connectivity index (χ4n) is 2.77. The van der Waals surface area contributed by atoms with Crippen molar-refractivity contribution in [1.29, 1.82) is 0 Å². The fraction of sp³-hybridized carbons (Fsp3) is 0.467. The molecule has 0 saturated carbocycles. The molecular formula is C15H20FN3O3. The first-order chi connectivity index (χ1) is 10.5. The van der Waals surface area contributed by atoms with E-state index >= 15 is 0 Å². The van der Waals surface area contributed by atoms with Crippen molar-refractivity contribution in [2.24, 2.45) is 0 Å². The van der Waals surface area contributed by atoms with Gasteiger partial charge in [-0.2, -0.15) is 0 Å². The molecule has 0 aliphatic carbocycles. The average molecular weight is 309 g/mol. The van der Waals surface area contributed by atoms with Crippen LogP contribution in [0.15, 0.2) is 24.8 Å². The van der Waals surface area contributed by atoms with E-state index in [1.165, 1.54) is 6.07 Å². The van der Waals surface area contributed by atoms with Gasteiger partial charge in [0, 0.05) is 43.9 Å². The van der Waals surface area contributed by atoms with Crippen molar-refractivity contribution in [3.63, 3.8) is 0 Å². The molecule has 1 aromatic carbocycles. The molecule has 22 heavy (non-hydrogen) atoms. The highest BCUT2D eigenvalue weighted by atomic mass is 19.1. The standard InChI is InChI=1S/C15H20FN3O3/c1-2-3-4-14(18-7-5-17-6-8-18)12-9-11(19(21)22)10-13(16)15(12)20/h2,9-10,14,17,20H,1,3-8H2/t14-/m1/s1. The van der Waals surface area contributed by atoms with E-state index in [4.69, 9.17) is 0 Å². The Morgan fingerprint density at radius 1 is 1.50 bits per heavy atom. The minimum Gasteiger partial charge on any atom is -0.505 e. The number of nitro benzene ring substituents is 1. The summed E-state index contributed by atoms with van der Waals surface area (Å²) in [5.41, 5.74) is -0.0699. The van der Waals surface area contributed by atoms with Gasteiger partial charge >= 0.3 is 0 Å². The molecule has 1 aliphatic rings. The van der Waals surface area contributed by atoms with Crippen molar-refractivity contribution < 1.29 is 14.4 Å². The second kappa shape index (κ2) is 7.33. The van der Waals surface area contributed by atoms with Crippen molar-refractivity contribution in [3.05, 3.63) is 46.3 Å². The van der Waals surface area contributed by atoms with Gasteiger partial charge in [0.25, 0.3) is 5.69 Å². The number of nitro groups is 1. The zero-order chi connectivity index (χ0) is 16.1. The third-order valence-corrected chi connectivity index (χ3v) is 3.88. The minimum atomic E-state index is -0.956. The topological polar surface area (TPSA) is 78.6 Å². The van der Waals surface area contributed by atoms with E-state index in [2.05, 4.69) is 16.8 Å². The van der Waals surface area contributed by atoms with Gasteiger partial charge in [-0.3, -0.25) is 15.0 Å². The van der Waals surface area contributed by atoms with Crippen molar-refractivity contribution in [2.45, 2.75) is 18.9 Å². The normalized spacial score (nSPS) is 17.1. The lowest BCUT2D eigenvalue weighted by molar-refractivity contribution is -0.385. The number of halogens is 1. The lowest BCUT2D eigenvalue weighted by Gasteiger charge is -2.35. The molecule has 1 atom stereocenters. The summed E-state index contributed by atoms with van der Waals surface area (Å²) in [6.45, 7) is 6.75. The number of hydrogen-bond donors (Lipinski definition) is 2. The Bertz CT molecular complexity index is 559. The maximum absolute atomic E-state index is 13.8. The molecule has 0 aromatic heterocycles. The molecule has 1 fully saturated rings. The second-order valence-corrected chi connectivity index (χ2v) is 5.29. The first kappa shape index (κ1) is 16.4. The second-order valence-electron chi connectivity index (χ2n) is 5.29. The van der Waals surface area contributed by atoms with Crippen LogP contribution in [0.3, 0.4) is 0 Å². The molecule has 1 aromatic rings. The van der Waals surface area contributed by atoms with E-state index < -0.39 is 16.5 Å². The van der Waals surface area contributed by atoms with Gasteiger partial charge in [0.2, 0.25) is 0 Å². The molecule has 7 heteroatoms. The Hall–Kier alpha value is -1.99. The van der Waals surface area contributed by atoms with E-state index in [0.29, 0.717) is 12.8 Å². The monoisotopic (exact) mass is 309 g/mol. The minimum absolute atomic E-state index is 0.269. The third-order valence-electron chi connectivity index (χ3n) is 3.88. The number of allylic oxidation sites excluding steroid dienone is 1. The number of phenolic OH excluding ortho intramolecular Hbond substituents is 1. The lowest BCUT2D eigenvalue weighted by atomic mass is 9.97. The van der Waals surface area contributed by atoms with Crippen molar-refractivity contribution >= 4 is 5.69 Å². The molecule has 0 bridgehead atoms. The number of benzene rings is 1. The zero-order valence-corrected chi connectivity index (χ0v) is 12.3. The molecule has 1 aliphatic heterocycles. The van der Waals surface area contributed by atoms with E-state index in [1.54, 1.807) is 6.08 Å². The highest BCUT2D eigenvalue weighted by Gasteiger charge is 2.27. The highest BCUT2D eigenvalue weighted by Crippen LogP contribution is 2.37. The van der Waals surface area contributed by atoms with E-state index in [1.807, 2.05) is 0 Å². The summed E-state index contributed by atoms with van der Waals surface area (Å²) in [5.74, 6) is -1.46. The molecule has 0 unspecified atom stereocenters. The predicted octanol–water partition coefficient (Wildman–Crippen LogP) is 2.35. The number of piperazine rings is 1. The first-order valence-corrected chi connectivity index (χ1v) is 7.27. The summed E-state index contributed by atoms with van der Waals surface area (Å²) in [6, 6.07) is 1.75. The van der Waals surface area contributed by atoms with Gasteiger partial charge in [-0.05, 0) is 12.8 Å². The van der Waals surface area contributed by atoms with Crippen LogP contribution in [0.2, 0.25) is 0 Å². The van der Waals surface area contributed by atoms with Gasteiger partial charge in [-0.1, -0.05) is 6.08 Å². The molecule has 0 radical (unpaired) electrons. The molecule has 120 valence electrons. The Labute approximate surface area is 128 Å². The third kappa shape index (κ3) is 3.61. The smallest absolute Gasteiger partial charge is 0.272 e. The SMILES string of the molecule is C=CCC[C@H](c1cc([N+](=O)[O-])cc(F)c1O)N1CCNCC1. The Balaban J connectivity index is 2.40. The molecule has 6 nitrogen and oxygen atoms in total. The number of non-ortho nitro benzene ring substituents is 1. The average Bonchev–Trinajstić information content (AvgIpc) is 2.52. The van der Waals surface area contributed by atoms with Crippen LogP contribution in [-0.2, 0) is 0 Å².